The van der Waals surface area contributed by atoms with Gasteiger partial charge in [0, 0.05) is 0 Å². The number of rotatable bonds is 10. The Bertz CT molecular complexity index is 774. The van der Waals surface area contributed by atoms with Crippen LogP contribution in [-0.4, -0.2) is 6.61 Å². The van der Waals surface area contributed by atoms with Crippen molar-refractivity contribution in [2.75, 3.05) is 6.61 Å². The van der Waals surface area contributed by atoms with Crippen molar-refractivity contribution in [2.45, 2.75) is 71.3 Å². The second-order valence-corrected chi connectivity index (χ2v) is 8.58. The fraction of sp³-hybridized carbons (Fsp3) is 0.448. The molecular formula is C29H38O. The van der Waals surface area contributed by atoms with Crippen molar-refractivity contribution in [3.05, 3.63) is 84.0 Å². The van der Waals surface area contributed by atoms with Crippen LogP contribution in [0.2, 0.25) is 0 Å². The van der Waals surface area contributed by atoms with Gasteiger partial charge in [0.1, 0.15) is 0 Å². The van der Waals surface area contributed by atoms with Gasteiger partial charge in [0.25, 0.3) is 0 Å². The molecule has 0 atom stereocenters. The number of allylic oxidation sites excluding steroid dienone is 3. The normalized spacial score (nSPS) is 19.7. The maximum Gasteiger partial charge on any atom is 0.0721 e. The van der Waals surface area contributed by atoms with Gasteiger partial charge in [-0.05, 0) is 86.0 Å². The molecule has 2 aromatic carbocycles. The highest BCUT2D eigenvalue weighted by atomic mass is 16.5. The van der Waals surface area contributed by atoms with E-state index in [1.54, 1.807) is 0 Å². The minimum absolute atomic E-state index is 0.671. The van der Waals surface area contributed by atoms with Crippen molar-refractivity contribution in [3.8, 4) is 11.1 Å². The molecular weight excluding hydrogens is 364 g/mol. The first kappa shape index (κ1) is 22.6. The van der Waals surface area contributed by atoms with Crippen molar-refractivity contribution >= 4 is 0 Å². The Morgan fingerprint density at radius 3 is 2.13 bits per heavy atom. The van der Waals surface area contributed by atoms with Crippen molar-refractivity contribution in [1.82, 2.24) is 0 Å². The zero-order chi connectivity index (χ0) is 21.0. The molecule has 1 saturated carbocycles. The summed E-state index contributed by atoms with van der Waals surface area (Å²) < 4.78 is 5.69. The molecule has 0 radical (unpaired) electrons. The van der Waals surface area contributed by atoms with E-state index in [0.29, 0.717) is 13.2 Å². The highest BCUT2D eigenvalue weighted by Crippen LogP contribution is 2.38. The molecule has 0 N–H and O–H groups in total. The van der Waals surface area contributed by atoms with Crippen LogP contribution in [-0.2, 0) is 11.3 Å². The molecule has 0 amide bonds. The number of ether oxygens (including phenoxy) is 1. The molecule has 0 aromatic heterocycles. The largest absolute Gasteiger partial charge is 0.373 e. The molecule has 1 heteroatoms. The predicted molar refractivity (Wildman–Crippen MR) is 130 cm³/mol. The highest BCUT2D eigenvalue weighted by molar-refractivity contribution is 5.64. The third-order valence-corrected chi connectivity index (χ3v) is 6.38. The lowest BCUT2D eigenvalue weighted by Gasteiger charge is -2.28. The predicted octanol–water partition coefficient (Wildman–Crippen LogP) is 8.47. The molecule has 3 rings (SSSR count). The van der Waals surface area contributed by atoms with Crippen LogP contribution in [0, 0.1) is 5.92 Å². The van der Waals surface area contributed by atoms with E-state index in [4.69, 9.17) is 4.74 Å². The van der Waals surface area contributed by atoms with E-state index in [9.17, 15) is 0 Å². The standard InChI is InChI=1S/C29H38O/c1-3-5-7-9-24-10-14-26(15-11-24)28-18-20-29(21-19-28)27-16-12-25(13-17-27)23-30-22-8-6-4-2/h3,5-6,8,12-13,16-21,24,26H,4,7,9-11,14-15,22-23H2,1-2H3/t24-,26-. The van der Waals surface area contributed by atoms with Gasteiger partial charge in [-0.25, -0.2) is 0 Å². The Kier molecular flexibility index (Phi) is 9.44. The summed E-state index contributed by atoms with van der Waals surface area (Å²) in [5, 5.41) is 0. The molecule has 0 heterocycles. The molecule has 0 saturated heterocycles. The molecule has 30 heavy (non-hydrogen) atoms. The second kappa shape index (κ2) is 12.5. The highest BCUT2D eigenvalue weighted by Gasteiger charge is 2.21. The summed E-state index contributed by atoms with van der Waals surface area (Å²) in [5.41, 5.74) is 5.34. The van der Waals surface area contributed by atoms with Crippen LogP contribution in [0.5, 0.6) is 0 Å². The topological polar surface area (TPSA) is 9.23 Å². The maximum absolute atomic E-state index is 5.69. The molecule has 0 bridgehead atoms. The molecule has 1 aliphatic carbocycles. The van der Waals surface area contributed by atoms with E-state index in [1.165, 1.54) is 60.8 Å². The lowest BCUT2D eigenvalue weighted by Crippen LogP contribution is -2.13. The molecule has 2 aromatic rings. The van der Waals surface area contributed by atoms with Crippen molar-refractivity contribution in [2.24, 2.45) is 5.92 Å². The van der Waals surface area contributed by atoms with Gasteiger partial charge in [-0.3, -0.25) is 0 Å². The summed E-state index contributed by atoms with van der Waals surface area (Å²) in [4.78, 5) is 0. The van der Waals surface area contributed by atoms with Crippen LogP contribution in [0.3, 0.4) is 0 Å². The van der Waals surface area contributed by atoms with Crippen LogP contribution >= 0.6 is 0 Å². The van der Waals surface area contributed by atoms with Crippen LogP contribution in [0.4, 0.5) is 0 Å². The lowest BCUT2D eigenvalue weighted by atomic mass is 9.77. The first-order valence-corrected chi connectivity index (χ1v) is 11.8. The van der Waals surface area contributed by atoms with E-state index < -0.39 is 0 Å². The molecule has 0 spiro atoms. The van der Waals surface area contributed by atoms with Gasteiger partial charge in [-0.15, -0.1) is 0 Å². The van der Waals surface area contributed by atoms with E-state index in [2.05, 4.69) is 86.7 Å². The SMILES string of the molecule is CC=CCC[C@H]1CC[C@H](c2ccc(-c3ccc(COCC=CCC)cc3)cc2)CC1. The van der Waals surface area contributed by atoms with E-state index in [-0.39, 0.29) is 0 Å². The average molecular weight is 403 g/mol. The molecule has 0 aliphatic heterocycles. The minimum Gasteiger partial charge on any atom is -0.373 e. The molecule has 0 unspecified atom stereocenters. The zero-order valence-electron chi connectivity index (χ0n) is 18.9. The van der Waals surface area contributed by atoms with Crippen LogP contribution in [0.1, 0.15) is 75.8 Å². The van der Waals surface area contributed by atoms with Crippen molar-refractivity contribution < 1.29 is 4.74 Å². The fourth-order valence-electron chi connectivity index (χ4n) is 4.50. The first-order valence-electron chi connectivity index (χ1n) is 11.8. The van der Waals surface area contributed by atoms with Crippen LogP contribution in [0.15, 0.2) is 72.8 Å². The Labute approximate surface area is 183 Å². The summed E-state index contributed by atoms with van der Waals surface area (Å²) in [6.45, 7) is 5.62. The van der Waals surface area contributed by atoms with Crippen molar-refractivity contribution in [3.63, 3.8) is 0 Å². The van der Waals surface area contributed by atoms with Gasteiger partial charge in [0.05, 0.1) is 13.2 Å². The zero-order valence-corrected chi connectivity index (χ0v) is 18.9. The summed E-state index contributed by atoms with van der Waals surface area (Å²) >= 11 is 0. The molecule has 1 aliphatic rings. The second-order valence-electron chi connectivity index (χ2n) is 8.58. The van der Waals surface area contributed by atoms with Crippen molar-refractivity contribution in [1.29, 1.82) is 0 Å². The summed E-state index contributed by atoms with van der Waals surface area (Å²) in [6, 6.07) is 18.1. The van der Waals surface area contributed by atoms with Gasteiger partial charge in [0.15, 0.2) is 0 Å². The smallest absolute Gasteiger partial charge is 0.0721 e. The average Bonchev–Trinajstić information content (AvgIpc) is 2.80. The molecule has 160 valence electrons. The Morgan fingerprint density at radius 1 is 0.833 bits per heavy atom. The van der Waals surface area contributed by atoms with Gasteiger partial charge in [-0.1, -0.05) is 79.8 Å². The van der Waals surface area contributed by atoms with Gasteiger partial charge >= 0.3 is 0 Å². The summed E-state index contributed by atoms with van der Waals surface area (Å²) in [6.07, 6.45) is 17.9. The quantitative estimate of drug-likeness (QED) is 0.286. The van der Waals surface area contributed by atoms with Gasteiger partial charge in [0.2, 0.25) is 0 Å². The first-order chi connectivity index (χ1) is 14.8. The van der Waals surface area contributed by atoms with E-state index in [0.717, 1.165) is 18.3 Å². The third kappa shape index (κ3) is 6.99. The van der Waals surface area contributed by atoms with Gasteiger partial charge in [-0.2, -0.15) is 0 Å². The maximum atomic E-state index is 5.69. The van der Waals surface area contributed by atoms with Crippen LogP contribution < -0.4 is 0 Å². The number of hydrogen-bond donors (Lipinski definition) is 0. The van der Waals surface area contributed by atoms with Crippen LogP contribution in [0.25, 0.3) is 11.1 Å². The Morgan fingerprint density at radius 2 is 1.50 bits per heavy atom. The minimum atomic E-state index is 0.671. The third-order valence-electron chi connectivity index (χ3n) is 6.38. The summed E-state index contributed by atoms with van der Waals surface area (Å²) in [5.74, 6) is 1.68. The van der Waals surface area contributed by atoms with E-state index >= 15 is 0 Å². The van der Waals surface area contributed by atoms with E-state index in [1.807, 2.05) is 0 Å². The Balaban J connectivity index is 1.49. The number of hydrogen-bond acceptors (Lipinski definition) is 1. The molecule has 1 fully saturated rings. The monoisotopic (exact) mass is 402 g/mol. The summed E-state index contributed by atoms with van der Waals surface area (Å²) in [7, 11) is 0. The molecule has 1 nitrogen and oxygen atoms in total. The lowest BCUT2D eigenvalue weighted by molar-refractivity contribution is 0.148. The van der Waals surface area contributed by atoms with Gasteiger partial charge < -0.3 is 4.74 Å². The Hall–Kier alpha value is -2.12. The number of benzene rings is 2. The fourth-order valence-corrected chi connectivity index (χ4v) is 4.50.